The van der Waals surface area contributed by atoms with Gasteiger partial charge in [0.25, 0.3) is 0 Å². The Kier molecular flexibility index (Phi) is 4.23. The van der Waals surface area contributed by atoms with Gasteiger partial charge in [-0.1, -0.05) is 42.5 Å². The molecule has 2 aromatic rings. The highest BCUT2D eigenvalue weighted by molar-refractivity contribution is 5.30. The molecule has 1 saturated heterocycles. The molecule has 3 nitrogen and oxygen atoms in total. The zero-order chi connectivity index (χ0) is 14.7. The Labute approximate surface area is 125 Å². The molecule has 0 aromatic heterocycles. The van der Waals surface area contributed by atoms with Crippen molar-refractivity contribution in [2.24, 2.45) is 0 Å². The number of hydrogen-bond donors (Lipinski definition) is 2. The number of aromatic hydroxyl groups is 1. The monoisotopic (exact) mass is 283 g/mol. The first-order chi connectivity index (χ1) is 10.2. The second kappa shape index (κ2) is 6.29. The Morgan fingerprint density at radius 3 is 2.57 bits per heavy atom. The van der Waals surface area contributed by atoms with E-state index in [1.165, 1.54) is 5.56 Å². The summed E-state index contributed by atoms with van der Waals surface area (Å²) in [4.78, 5) is 2.29. The number of hydrogen-bond acceptors (Lipinski definition) is 3. The summed E-state index contributed by atoms with van der Waals surface area (Å²) in [5.74, 6) is 0.385. The molecule has 0 amide bonds. The molecule has 3 rings (SSSR count). The molecule has 0 spiro atoms. The van der Waals surface area contributed by atoms with Crippen LogP contribution >= 0.6 is 0 Å². The van der Waals surface area contributed by atoms with Crippen LogP contribution in [0.2, 0.25) is 0 Å². The lowest BCUT2D eigenvalue weighted by atomic mass is 9.87. The Bertz CT molecular complexity index is 585. The van der Waals surface area contributed by atoms with E-state index in [2.05, 4.69) is 17.0 Å². The van der Waals surface area contributed by atoms with E-state index in [-0.39, 0.29) is 17.8 Å². The first-order valence-electron chi connectivity index (χ1n) is 7.45. The van der Waals surface area contributed by atoms with E-state index in [1.807, 2.05) is 30.3 Å². The fourth-order valence-corrected chi connectivity index (χ4v) is 3.13. The lowest BCUT2D eigenvalue weighted by Gasteiger charge is -2.36. The molecule has 0 radical (unpaired) electrons. The smallest absolute Gasteiger partial charge is 0.115 e. The van der Waals surface area contributed by atoms with Crippen molar-refractivity contribution in [1.29, 1.82) is 0 Å². The molecule has 1 aliphatic rings. The largest absolute Gasteiger partial charge is 0.508 e. The molecule has 1 aliphatic heterocycles. The van der Waals surface area contributed by atoms with Crippen molar-refractivity contribution in [3.63, 3.8) is 0 Å². The summed E-state index contributed by atoms with van der Waals surface area (Å²) in [5, 5.41) is 20.0. The number of phenolic OH excluding ortho intramolecular Hbond substituents is 1. The molecule has 0 bridgehead atoms. The minimum absolute atomic E-state index is 0.115. The van der Waals surface area contributed by atoms with Gasteiger partial charge in [-0.25, -0.2) is 0 Å². The highest BCUT2D eigenvalue weighted by Gasteiger charge is 2.28. The van der Waals surface area contributed by atoms with Crippen molar-refractivity contribution in [1.82, 2.24) is 4.90 Å². The Morgan fingerprint density at radius 2 is 1.86 bits per heavy atom. The van der Waals surface area contributed by atoms with Crippen LogP contribution in [0.15, 0.2) is 54.6 Å². The van der Waals surface area contributed by atoms with Gasteiger partial charge in [0, 0.05) is 19.0 Å². The van der Waals surface area contributed by atoms with E-state index in [9.17, 15) is 10.2 Å². The van der Waals surface area contributed by atoms with Crippen molar-refractivity contribution in [3.05, 3.63) is 65.7 Å². The molecule has 110 valence electrons. The minimum Gasteiger partial charge on any atom is -0.508 e. The van der Waals surface area contributed by atoms with Gasteiger partial charge in [0.1, 0.15) is 5.75 Å². The molecule has 3 heteroatoms. The van der Waals surface area contributed by atoms with Crippen LogP contribution in [0, 0.1) is 0 Å². The van der Waals surface area contributed by atoms with Gasteiger partial charge >= 0.3 is 0 Å². The van der Waals surface area contributed by atoms with Crippen LogP contribution in [0.4, 0.5) is 0 Å². The van der Waals surface area contributed by atoms with Crippen molar-refractivity contribution in [2.75, 3.05) is 13.1 Å². The van der Waals surface area contributed by atoms with Gasteiger partial charge in [0.15, 0.2) is 0 Å². The number of aliphatic hydroxyl groups is 1. The number of nitrogens with zero attached hydrogens (tertiary/aromatic N) is 1. The topological polar surface area (TPSA) is 43.7 Å². The van der Waals surface area contributed by atoms with Crippen LogP contribution in [0.5, 0.6) is 5.75 Å². The van der Waals surface area contributed by atoms with Gasteiger partial charge in [-0.05, 0) is 36.2 Å². The standard InChI is InChI=1S/C18H21NO2/c20-16-8-4-7-15(11-16)17-9-10-19(13-18(17)21)12-14-5-2-1-3-6-14/h1-8,11,17-18,20-21H,9-10,12-13H2. The lowest BCUT2D eigenvalue weighted by molar-refractivity contribution is 0.0476. The van der Waals surface area contributed by atoms with Crippen LogP contribution < -0.4 is 0 Å². The number of likely N-dealkylation sites (tertiary alicyclic amines) is 1. The molecule has 0 saturated carbocycles. The SMILES string of the molecule is Oc1cccc(C2CCN(Cc3ccccc3)CC2O)c1. The van der Waals surface area contributed by atoms with Gasteiger partial charge in [0.05, 0.1) is 6.10 Å². The number of β-amino-alcohol motifs (C(OH)–C–C–N with tert-alkyl or cyclic N) is 1. The first-order valence-corrected chi connectivity index (χ1v) is 7.45. The van der Waals surface area contributed by atoms with E-state index >= 15 is 0 Å². The van der Waals surface area contributed by atoms with Crippen molar-refractivity contribution in [3.8, 4) is 5.75 Å². The normalized spacial score (nSPS) is 23.1. The number of aliphatic hydroxyl groups excluding tert-OH is 1. The summed E-state index contributed by atoms with van der Waals surface area (Å²) < 4.78 is 0. The van der Waals surface area contributed by atoms with Crippen LogP contribution in [-0.2, 0) is 6.54 Å². The van der Waals surface area contributed by atoms with Crippen LogP contribution in [0.25, 0.3) is 0 Å². The summed E-state index contributed by atoms with van der Waals surface area (Å²) in [6, 6.07) is 17.6. The fraction of sp³-hybridized carbons (Fsp3) is 0.333. The third-order valence-electron chi connectivity index (χ3n) is 4.21. The minimum atomic E-state index is -0.385. The number of rotatable bonds is 3. The molecule has 0 aliphatic carbocycles. The molecule has 2 unspecified atom stereocenters. The third-order valence-corrected chi connectivity index (χ3v) is 4.21. The molecular weight excluding hydrogens is 262 g/mol. The van der Waals surface area contributed by atoms with Crippen molar-refractivity contribution in [2.45, 2.75) is 25.0 Å². The maximum absolute atomic E-state index is 10.4. The summed E-state index contributed by atoms with van der Waals surface area (Å²) in [7, 11) is 0. The Morgan fingerprint density at radius 1 is 1.05 bits per heavy atom. The summed E-state index contributed by atoms with van der Waals surface area (Å²) >= 11 is 0. The van der Waals surface area contributed by atoms with E-state index < -0.39 is 0 Å². The van der Waals surface area contributed by atoms with Gasteiger partial charge in [-0.3, -0.25) is 4.90 Å². The fourth-order valence-electron chi connectivity index (χ4n) is 3.13. The molecule has 2 N–H and O–H groups in total. The zero-order valence-corrected chi connectivity index (χ0v) is 12.0. The van der Waals surface area contributed by atoms with E-state index in [1.54, 1.807) is 12.1 Å². The summed E-state index contributed by atoms with van der Waals surface area (Å²) in [5.41, 5.74) is 2.31. The third kappa shape index (κ3) is 3.43. The molecule has 1 fully saturated rings. The zero-order valence-electron chi connectivity index (χ0n) is 12.0. The van der Waals surface area contributed by atoms with Gasteiger partial charge in [-0.15, -0.1) is 0 Å². The molecule has 2 atom stereocenters. The van der Waals surface area contributed by atoms with Crippen LogP contribution in [0.1, 0.15) is 23.5 Å². The van der Waals surface area contributed by atoms with Crippen LogP contribution in [0.3, 0.4) is 0 Å². The molecule has 1 heterocycles. The first kappa shape index (κ1) is 14.1. The quantitative estimate of drug-likeness (QED) is 0.910. The van der Waals surface area contributed by atoms with Gasteiger partial charge in [-0.2, -0.15) is 0 Å². The summed E-state index contributed by atoms with van der Waals surface area (Å²) in [6.45, 7) is 2.52. The number of piperidine rings is 1. The highest BCUT2D eigenvalue weighted by atomic mass is 16.3. The average Bonchev–Trinajstić information content (AvgIpc) is 2.48. The second-order valence-corrected chi connectivity index (χ2v) is 5.78. The van der Waals surface area contributed by atoms with Gasteiger partial charge < -0.3 is 10.2 Å². The van der Waals surface area contributed by atoms with Crippen LogP contribution in [-0.4, -0.2) is 34.3 Å². The Hall–Kier alpha value is -1.84. The maximum atomic E-state index is 10.4. The second-order valence-electron chi connectivity index (χ2n) is 5.78. The highest BCUT2D eigenvalue weighted by Crippen LogP contribution is 2.30. The number of benzene rings is 2. The lowest BCUT2D eigenvalue weighted by Crippen LogP contribution is -2.42. The van der Waals surface area contributed by atoms with E-state index in [0.29, 0.717) is 6.54 Å². The van der Waals surface area contributed by atoms with E-state index in [4.69, 9.17) is 0 Å². The van der Waals surface area contributed by atoms with E-state index in [0.717, 1.165) is 25.1 Å². The Balaban J connectivity index is 1.64. The predicted molar refractivity (Wildman–Crippen MR) is 83.2 cm³/mol. The maximum Gasteiger partial charge on any atom is 0.115 e. The van der Waals surface area contributed by atoms with Crippen molar-refractivity contribution < 1.29 is 10.2 Å². The summed E-state index contributed by atoms with van der Waals surface area (Å²) in [6.07, 6.45) is 0.529. The molecule has 2 aromatic carbocycles. The average molecular weight is 283 g/mol. The van der Waals surface area contributed by atoms with Crippen molar-refractivity contribution >= 4 is 0 Å². The molecular formula is C18H21NO2. The molecule has 21 heavy (non-hydrogen) atoms. The number of phenols is 1. The van der Waals surface area contributed by atoms with Gasteiger partial charge in [0.2, 0.25) is 0 Å². The predicted octanol–water partition coefficient (Wildman–Crippen LogP) is 2.74.